The zero-order valence-electron chi connectivity index (χ0n) is 11.0. The van der Waals surface area contributed by atoms with Crippen molar-refractivity contribution < 1.29 is 12.8 Å². The predicted octanol–water partition coefficient (Wildman–Crippen LogP) is 2.87. The van der Waals surface area contributed by atoms with Gasteiger partial charge in [-0.2, -0.15) is 0 Å². The van der Waals surface area contributed by atoms with Crippen LogP contribution in [-0.4, -0.2) is 8.42 Å². The Bertz CT molecular complexity index is 809. The molecule has 0 saturated heterocycles. The Morgan fingerprint density at radius 3 is 2.48 bits per heavy atom. The van der Waals surface area contributed by atoms with Gasteiger partial charge >= 0.3 is 0 Å². The lowest BCUT2D eigenvalue weighted by atomic mass is 10.2. The van der Waals surface area contributed by atoms with Crippen LogP contribution in [0.15, 0.2) is 39.7 Å². The first-order chi connectivity index (χ1) is 9.68. The highest BCUT2D eigenvalue weighted by Crippen LogP contribution is 2.28. The lowest BCUT2D eigenvalue weighted by Gasteiger charge is -2.12. The van der Waals surface area contributed by atoms with E-state index >= 15 is 0 Å². The third-order valence-electron chi connectivity index (χ3n) is 2.86. The average molecular weight is 374 g/mol. The van der Waals surface area contributed by atoms with Gasteiger partial charge in [0.05, 0.1) is 10.2 Å². The molecule has 0 spiro atoms. The molecule has 0 heterocycles. The fourth-order valence-electron chi connectivity index (χ4n) is 1.82. The average Bonchev–Trinajstić information content (AvgIpc) is 2.34. The van der Waals surface area contributed by atoms with E-state index in [2.05, 4.69) is 21.2 Å². The number of sulfonamides is 1. The maximum absolute atomic E-state index is 13.6. The third kappa shape index (κ3) is 3.52. The number of rotatable bonds is 3. The maximum atomic E-state index is 13.6. The molecular formula is C13H13BrFN3O2S. The molecule has 0 aromatic heterocycles. The molecule has 0 radical (unpaired) electrons. The van der Waals surface area contributed by atoms with Gasteiger partial charge < -0.3 is 11.1 Å². The van der Waals surface area contributed by atoms with Crippen LogP contribution in [0.2, 0.25) is 0 Å². The van der Waals surface area contributed by atoms with Crippen LogP contribution in [0, 0.1) is 12.7 Å². The van der Waals surface area contributed by atoms with Crippen molar-refractivity contribution in [2.24, 2.45) is 5.14 Å². The van der Waals surface area contributed by atoms with Crippen LogP contribution in [-0.2, 0) is 10.0 Å². The Hall–Kier alpha value is -1.64. The summed E-state index contributed by atoms with van der Waals surface area (Å²) in [6, 6.07) is 7.22. The standard InChI is InChI=1S/C13H13BrFN3O2S/c1-7-4-9(14)10(15)6-12(7)18-8-2-3-13(11(16)5-8)21(17,19)20/h2-6,18H,16H2,1H3,(H2,17,19,20). The van der Waals surface area contributed by atoms with Crippen molar-refractivity contribution in [2.45, 2.75) is 11.8 Å². The Kier molecular flexibility index (Phi) is 4.22. The summed E-state index contributed by atoms with van der Waals surface area (Å²) in [6.07, 6.45) is 0. The SMILES string of the molecule is Cc1cc(Br)c(F)cc1Nc1ccc(S(N)(=O)=O)c(N)c1. The van der Waals surface area contributed by atoms with Gasteiger partial charge in [0.25, 0.3) is 0 Å². The molecule has 0 bridgehead atoms. The molecule has 0 atom stereocenters. The van der Waals surface area contributed by atoms with Gasteiger partial charge in [-0.25, -0.2) is 17.9 Å². The van der Waals surface area contributed by atoms with Crippen molar-refractivity contribution in [1.29, 1.82) is 0 Å². The van der Waals surface area contributed by atoms with E-state index in [-0.39, 0.29) is 10.6 Å². The van der Waals surface area contributed by atoms with Crippen molar-refractivity contribution in [2.75, 3.05) is 11.1 Å². The second-order valence-electron chi connectivity index (χ2n) is 4.50. The highest BCUT2D eigenvalue weighted by molar-refractivity contribution is 9.10. The number of hydrogen-bond donors (Lipinski definition) is 3. The van der Waals surface area contributed by atoms with Crippen LogP contribution in [0.1, 0.15) is 5.56 Å². The lowest BCUT2D eigenvalue weighted by Crippen LogP contribution is -2.14. The molecule has 2 rings (SSSR count). The zero-order valence-corrected chi connectivity index (χ0v) is 13.4. The highest BCUT2D eigenvalue weighted by Gasteiger charge is 2.13. The Morgan fingerprint density at radius 1 is 1.24 bits per heavy atom. The zero-order chi connectivity index (χ0) is 15.8. The monoisotopic (exact) mass is 373 g/mol. The van der Waals surface area contributed by atoms with Crippen molar-refractivity contribution in [3.8, 4) is 0 Å². The molecular weight excluding hydrogens is 361 g/mol. The third-order valence-corrected chi connectivity index (χ3v) is 4.46. The van der Waals surface area contributed by atoms with E-state index in [0.29, 0.717) is 15.8 Å². The topological polar surface area (TPSA) is 98.2 Å². The summed E-state index contributed by atoms with van der Waals surface area (Å²) in [7, 11) is -3.86. The number of benzene rings is 2. The number of hydrogen-bond acceptors (Lipinski definition) is 4. The smallest absolute Gasteiger partial charge is 0.240 e. The van der Waals surface area contributed by atoms with E-state index in [1.165, 1.54) is 24.3 Å². The molecule has 0 unspecified atom stereocenters. The second-order valence-corrected chi connectivity index (χ2v) is 6.89. The Balaban J connectivity index is 2.38. The molecule has 0 aliphatic carbocycles. The van der Waals surface area contributed by atoms with Crippen LogP contribution in [0.4, 0.5) is 21.5 Å². The summed E-state index contributed by atoms with van der Waals surface area (Å²) in [5.74, 6) is -0.405. The van der Waals surface area contributed by atoms with Gasteiger partial charge in [0, 0.05) is 11.4 Å². The minimum Gasteiger partial charge on any atom is -0.398 e. The summed E-state index contributed by atoms with van der Waals surface area (Å²) in [5.41, 5.74) is 7.60. The molecule has 5 nitrogen and oxygen atoms in total. The molecule has 2 aromatic carbocycles. The summed E-state index contributed by atoms with van der Waals surface area (Å²) >= 11 is 3.11. The van der Waals surface area contributed by atoms with Crippen molar-refractivity contribution >= 4 is 43.0 Å². The summed E-state index contributed by atoms with van der Waals surface area (Å²) in [5, 5.41) is 8.02. The first-order valence-electron chi connectivity index (χ1n) is 5.83. The Morgan fingerprint density at radius 2 is 1.90 bits per heavy atom. The maximum Gasteiger partial charge on any atom is 0.240 e. The molecule has 0 saturated carbocycles. The number of nitrogens with one attached hydrogen (secondary N) is 1. The fourth-order valence-corrected chi connectivity index (χ4v) is 2.92. The number of nitrogens with two attached hydrogens (primary N) is 2. The van der Waals surface area contributed by atoms with E-state index < -0.39 is 15.8 Å². The molecule has 21 heavy (non-hydrogen) atoms. The molecule has 0 aliphatic rings. The lowest BCUT2D eigenvalue weighted by molar-refractivity contribution is 0.598. The van der Waals surface area contributed by atoms with Crippen LogP contribution in [0.25, 0.3) is 0 Å². The van der Waals surface area contributed by atoms with Gasteiger partial charge in [-0.3, -0.25) is 0 Å². The minimum absolute atomic E-state index is 0.0257. The van der Waals surface area contributed by atoms with Crippen LogP contribution < -0.4 is 16.2 Å². The highest BCUT2D eigenvalue weighted by atomic mass is 79.9. The Labute approximate surface area is 130 Å². The number of nitrogen functional groups attached to an aromatic ring is 1. The first kappa shape index (κ1) is 15.7. The normalized spacial score (nSPS) is 11.4. The number of aryl methyl sites for hydroxylation is 1. The van der Waals surface area contributed by atoms with E-state index in [9.17, 15) is 12.8 Å². The van der Waals surface area contributed by atoms with E-state index in [4.69, 9.17) is 10.9 Å². The van der Waals surface area contributed by atoms with E-state index in [0.717, 1.165) is 5.56 Å². The van der Waals surface area contributed by atoms with Gasteiger partial charge in [-0.05, 0) is 58.7 Å². The van der Waals surface area contributed by atoms with E-state index in [1.54, 1.807) is 6.07 Å². The number of anilines is 3. The summed E-state index contributed by atoms with van der Waals surface area (Å²) < 4.78 is 36.5. The molecule has 5 N–H and O–H groups in total. The van der Waals surface area contributed by atoms with Crippen LogP contribution in [0.3, 0.4) is 0 Å². The van der Waals surface area contributed by atoms with Gasteiger partial charge in [0.2, 0.25) is 10.0 Å². The number of primary sulfonamides is 1. The molecule has 0 amide bonds. The molecule has 112 valence electrons. The van der Waals surface area contributed by atoms with Gasteiger partial charge in [-0.1, -0.05) is 0 Å². The predicted molar refractivity (Wildman–Crippen MR) is 84.3 cm³/mol. The van der Waals surface area contributed by atoms with Crippen LogP contribution in [0.5, 0.6) is 0 Å². The molecule has 8 heteroatoms. The first-order valence-corrected chi connectivity index (χ1v) is 8.17. The molecule has 0 fully saturated rings. The largest absolute Gasteiger partial charge is 0.398 e. The fraction of sp³-hybridized carbons (Fsp3) is 0.0769. The van der Waals surface area contributed by atoms with Crippen LogP contribution >= 0.6 is 15.9 Å². The minimum atomic E-state index is -3.86. The molecule has 2 aromatic rings. The molecule has 0 aliphatic heterocycles. The van der Waals surface area contributed by atoms with E-state index in [1.807, 2.05) is 6.92 Å². The quantitative estimate of drug-likeness (QED) is 0.720. The summed E-state index contributed by atoms with van der Waals surface area (Å²) in [4.78, 5) is -0.147. The van der Waals surface area contributed by atoms with Gasteiger partial charge in [0.15, 0.2) is 0 Å². The van der Waals surface area contributed by atoms with Gasteiger partial charge in [0.1, 0.15) is 10.7 Å². The number of halogens is 2. The summed E-state index contributed by atoms with van der Waals surface area (Å²) in [6.45, 7) is 1.81. The van der Waals surface area contributed by atoms with Crippen molar-refractivity contribution in [1.82, 2.24) is 0 Å². The van der Waals surface area contributed by atoms with Crippen molar-refractivity contribution in [3.63, 3.8) is 0 Å². The van der Waals surface area contributed by atoms with Gasteiger partial charge in [-0.15, -0.1) is 0 Å². The van der Waals surface area contributed by atoms with Crippen molar-refractivity contribution in [3.05, 3.63) is 46.2 Å². The second kappa shape index (κ2) is 5.63.